The number of carbonyl (C=O) groups excluding carboxylic acids is 1. The lowest BCUT2D eigenvalue weighted by atomic mass is 10.2. The van der Waals surface area contributed by atoms with E-state index in [1.807, 2.05) is 30.3 Å². The predicted octanol–water partition coefficient (Wildman–Crippen LogP) is 3.16. The van der Waals surface area contributed by atoms with Crippen LogP contribution in [0.25, 0.3) is 5.69 Å². The van der Waals surface area contributed by atoms with Gasteiger partial charge in [0.2, 0.25) is 0 Å². The molecule has 3 aromatic rings. The molecule has 3 rings (SSSR count). The molecule has 1 aromatic heterocycles. The summed E-state index contributed by atoms with van der Waals surface area (Å²) in [6.45, 7) is 3.63. The summed E-state index contributed by atoms with van der Waals surface area (Å²) in [5.41, 5.74) is 1.85. The van der Waals surface area contributed by atoms with Crippen LogP contribution in [-0.4, -0.2) is 30.8 Å². The molecule has 0 radical (unpaired) electrons. The van der Waals surface area contributed by atoms with Crippen molar-refractivity contribution in [2.45, 2.75) is 18.7 Å². The van der Waals surface area contributed by atoms with Gasteiger partial charge in [0, 0.05) is 5.69 Å². The number of rotatable bonds is 6. The fraction of sp³-hybridized carbons (Fsp3) is 0.158. The van der Waals surface area contributed by atoms with Crippen molar-refractivity contribution < 1.29 is 17.9 Å². The highest BCUT2D eigenvalue weighted by Gasteiger charge is 2.21. The summed E-state index contributed by atoms with van der Waals surface area (Å²) < 4.78 is 34.4. The van der Waals surface area contributed by atoms with Gasteiger partial charge in [-0.05, 0) is 50.2 Å². The third-order valence-corrected chi connectivity index (χ3v) is 5.30. The largest absolute Gasteiger partial charge is 0.462 e. The van der Waals surface area contributed by atoms with Crippen molar-refractivity contribution in [3.8, 4) is 5.69 Å². The number of hydrogen-bond acceptors (Lipinski definition) is 5. The zero-order valence-electron chi connectivity index (χ0n) is 14.9. The molecule has 0 aliphatic carbocycles. The Morgan fingerprint density at radius 1 is 1.11 bits per heavy atom. The third-order valence-electron chi connectivity index (χ3n) is 3.81. The van der Waals surface area contributed by atoms with Crippen LogP contribution in [0.1, 0.15) is 23.0 Å². The van der Waals surface area contributed by atoms with Gasteiger partial charge in [-0.25, -0.2) is 17.9 Å². The summed E-state index contributed by atoms with van der Waals surface area (Å²) in [5.74, 6) is -0.452. The number of carbonyl (C=O) groups is 1. The quantitative estimate of drug-likeness (QED) is 0.658. The lowest BCUT2D eigenvalue weighted by Gasteiger charge is -2.08. The van der Waals surface area contributed by atoms with E-state index in [0.717, 1.165) is 5.69 Å². The normalized spacial score (nSPS) is 11.2. The Kier molecular flexibility index (Phi) is 5.27. The molecule has 1 N–H and O–H groups in total. The van der Waals surface area contributed by atoms with Crippen LogP contribution in [0.3, 0.4) is 0 Å². The van der Waals surface area contributed by atoms with E-state index in [9.17, 15) is 13.2 Å². The Hall–Kier alpha value is -3.13. The number of nitrogens with one attached hydrogen (secondary N) is 1. The Morgan fingerprint density at radius 3 is 2.41 bits per heavy atom. The molecule has 0 saturated heterocycles. The van der Waals surface area contributed by atoms with Gasteiger partial charge in [-0.2, -0.15) is 5.10 Å². The number of anilines is 1. The second-order valence-electron chi connectivity index (χ2n) is 5.76. The molecule has 0 unspecified atom stereocenters. The topological polar surface area (TPSA) is 90.3 Å². The van der Waals surface area contributed by atoms with Crippen molar-refractivity contribution >= 4 is 21.7 Å². The fourth-order valence-electron chi connectivity index (χ4n) is 2.52. The Labute approximate surface area is 157 Å². The maximum atomic E-state index is 12.7. The summed E-state index contributed by atoms with van der Waals surface area (Å²) in [7, 11) is -3.82. The fourth-order valence-corrected chi connectivity index (χ4v) is 3.74. The second kappa shape index (κ2) is 7.63. The maximum absolute atomic E-state index is 12.7. The number of ether oxygens (including phenoxy) is 1. The first-order valence-electron chi connectivity index (χ1n) is 8.32. The highest BCUT2D eigenvalue weighted by atomic mass is 32.2. The number of para-hydroxylation sites is 1. The molecule has 0 saturated carbocycles. The van der Waals surface area contributed by atoms with Gasteiger partial charge in [0.1, 0.15) is 4.90 Å². The van der Waals surface area contributed by atoms with Gasteiger partial charge in [0.15, 0.2) is 0 Å². The van der Waals surface area contributed by atoms with E-state index in [-0.39, 0.29) is 11.5 Å². The van der Waals surface area contributed by atoms with E-state index in [1.54, 1.807) is 13.8 Å². The minimum Gasteiger partial charge on any atom is -0.462 e. The standard InChI is InChI=1S/C19H19N3O4S/c1-3-26-19(23)15-9-11-16(12-10-15)21-27(24,25)18-13-22(20-14(18)2)17-7-5-4-6-8-17/h4-13,21H,3H2,1-2H3. The van der Waals surface area contributed by atoms with E-state index in [0.29, 0.717) is 16.9 Å². The molecular formula is C19H19N3O4S. The van der Waals surface area contributed by atoms with Gasteiger partial charge in [-0.3, -0.25) is 4.72 Å². The number of esters is 1. The maximum Gasteiger partial charge on any atom is 0.338 e. The van der Waals surface area contributed by atoms with E-state index in [2.05, 4.69) is 9.82 Å². The summed E-state index contributed by atoms with van der Waals surface area (Å²) in [5, 5.41) is 4.28. The molecule has 0 bridgehead atoms. The van der Waals surface area contributed by atoms with Crippen molar-refractivity contribution in [3.63, 3.8) is 0 Å². The van der Waals surface area contributed by atoms with Gasteiger partial charge >= 0.3 is 5.97 Å². The van der Waals surface area contributed by atoms with E-state index < -0.39 is 16.0 Å². The Morgan fingerprint density at radius 2 is 1.78 bits per heavy atom. The SMILES string of the molecule is CCOC(=O)c1ccc(NS(=O)(=O)c2cn(-c3ccccc3)nc2C)cc1. The molecule has 0 aliphatic rings. The number of sulfonamides is 1. The molecule has 8 heteroatoms. The van der Waals surface area contributed by atoms with E-state index in [1.165, 1.54) is 35.1 Å². The van der Waals surface area contributed by atoms with Crippen molar-refractivity contribution in [1.29, 1.82) is 0 Å². The van der Waals surface area contributed by atoms with Crippen LogP contribution in [-0.2, 0) is 14.8 Å². The van der Waals surface area contributed by atoms with Gasteiger partial charge in [-0.1, -0.05) is 18.2 Å². The zero-order chi connectivity index (χ0) is 19.4. The van der Waals surface area contributed by atoms with Crippen LogP contribution in [0.2, 0.25) is 0 Å². The molecule has 140 valence electrons. The van der Waals surface area contributed by atoms with Gasteiger partial charge in [-0.15, -0.1) is 0 Å². The highest BCUT2D eigenvalue weighted by molar-refractivity contribution is 7.92. The van der Waals surface area contributed by atoms with E-state index >= 15 is 0 Å². The van der Waals surface area contributed by atoms with Gasteiger partial charge in [0.05, 0.1) is 29.7 Å². The molecule has 0 fully saturated rings. The molecule has 1 heterocycles. The predicted molar refractivity (Wildman–Crippen MR) is 102 cm³/mol. The number of hydrogen-bond donors (Lipinski definition) is 1. The molecular weight excluding hydrogens is 366 g/mol. The number of aryl methyl sites for hydroxylation is 1. The molecule has 7 nitrogen and oxygen atoms in total. The van der Waals surface area contributed by atoms with Crippen molar-refractivity contribution in [3.05, 3.63) is 72.1 Å². The molecule has 0 atom stereocenters. The average Bonchev–Trinajstić information content (AvgIpc) is 3.06. The lowest BCUT2D eigenvalue weighted by molar-refractivity contribution is 0.0526. The first kappa shape index (κ1) is 18.7. The first-order valence-corrected chi connectivity index (χ1v) is 9.80. The molecule has 27 heavy (non-hydrogen) atoms. The number of benzene rings is 2. The molecule has 0 aliphatic heterocycles. The van der Waals surface area contributed by atoms with Crippen LogP contribution < -0.4 is 4.72 Å². The minimum atomic E-state index is -3.82. The zero-order valence-corrected chi connectivity index (χ0v) is 15.7. The summed E-state index contributed by atoms with van der Waals surface area (Å²) in [6.07, 6.45) is 1.47. The van der Waals surface area contributed by atoms with Crippen LogP contribution in [0, 0.1) is 6.92 Å². The van der Waals surface area contributed by atoms with Gasteiger partial charge < -0.3 is 4.74 Å². The third kappa shape index (κ3) is 4.17. The highest BCUT2D eigenvalue weighted by Crippen LogP contribution is 2.21. The molecule has 0 spiro atoms. The smallest absolute Gasteiger partial charge is 0.338 e. The van der Waals surface area contributed by atoms with Crippen molar-refractivity contribution in [1.82, 2.24) is 9.78 Å². The van der Waals surface area contributed by atoms with Gasteiger partial charge in [0.25, 0.3) is 10.0 Å². The van der Waals surface area contributed by atoms with Crippen LogP contribution in [0.5, 0.6) is 0 Å². The second-order valence-corrected chi connectivity index (χ2v) is 7.41. The van der Waals surface area contributed by atoms with Crippen LogP contribution >= 0.6 is 0 Å². The number of aromatic nitrogens is 2. The summed E-state index contributed by atoms with van der Waals surface area (Å²) in [6, 6.07) is 15.3. The van der Waals surface area contributed by atoms with Crippen LogP contribution in [0.4, 0.5) is 5.69 Å². The molecule has 2 aromatic carbocycles. The van der Waals surface area contributed by atoms with Crippen molar-refractivity contribution in [2.75, 3.05) is 11.3 Å². The van der Waals surface area contributed by atoms with Crippen LogP contribution in [0.15, 0.2) is 65.7 Å². The average molecular weight is 385 g/mol. The Bertz CT molecular complexity index is 1040. The van der Waals surface area contributed by atoms with E-state index in [4.69, 9.17) is 4.74 Å². The summed E-state index contributed by atoms with van der Waals surface area (Å²) in [4.78, 5) is 11.8. The summed E-state index contributed by atoms with van der Waals surface area (Å²) >= 11 is 0. The lowest BCUT2D eigenvalue weighted by Crippen LogP contribution is -2.13. The Balaban J connectivity index is 1.83. The van der Waals surface area contributed by atoms with Crippen molar-refractivity contribution in [2.24, 2.45) is 0 Å². The first-order chi connectivity index (χ1) is 12.9. The monoisotopic (exact) mass is 385 g/mol. The molecule has 0 amide bonds. The number of nitrogens with zero attached hydrogens (tertiary/aromatic N) is 2. The minimum absolute atomic E-state index is 0.0841.